The predicted molar refractivity (Wildman–Crippen MR) is 109 cm³/mol. The largest absolute Gasteiger partial charge is 0.508 e. The first kappa shape index (κ1) is 21.7. The van der Waals surface area contributed by atoms with Gasteiger partial charge in [-0.3, -0.25) is 14.2 Å². The maximum absolute atomic E-state index is 13.1. The molecule has 2 aromatic carbocycles. The lowest BCUT2D eigenvalue weighted by Gasteiger charge is -2.14. The van der Waals surface area contributed by atoms with Crippen molar-refractivity contribution in [1.82, 2.24) is 9.55 Å². The van der Waals surface area contributed by atoms with Crippen LogP contribution in [0.25, 0.3) is 10.9 Å². The van der Waals surface area contributed by atoms with Crippen molar-refractivity contribution in [3.8, 4) is 5.75 Å². The second-order valence-electron chi connectivity index (χ2n) is 6.43. The van der Waals surface area contributed by atoms with Crippen LogP contribution >= 0.6 is 11.8 Å². The maximum Gasteiger partial charge on any atom is 0.418 e. The summed E-state index contributed by atoms with van der Waals surface area (Å²) in [5, 5.41) is 12.4. The van der Waals surface area contributed by atoms with Crippen LogP contribution in [0.1, 0.15) is 18.9 Å². The number of phenolic OH excluding ortho intramolecular Hbond substituents is 1. The number of phenols is 1. The van der Waals surface area contributed by atoms with E-state index in [0.717, 1.165) is 17.8 Å². The van der Waals surface area contributed by atoms with Crippen LogP contribution in [-0.4, -0.2) is 26.3 Å². The van der Waals surface area contributed by atoms with Gasteiger partial charge in [0.2, 0.25) is 5.91 Å². The molecule has 3 aromatic rings. The first-order valence-corrected chi connectivity index (χ1v) is 10.0. The maximum atomic E-state index is 13.1. The number of para-hydroxylation sites is 1. The van der Waals surface area contributed by atoms with Gasteiger partial charge in [-0.25, -0.2) is 4.98 Å². The van der Waals surface area contributed by atoms with Gasteiger partial charge in [0.25, 0.3) is 5.56 Å². The van der Waals surface area contributed by atoms with E-state index in [-0.39, 0.29) is 33.3 Å². The number of nitrogens with zero attached hydrogens (tertiary/aromatic N) is 2. The third kappa shape index (κ3) is 4.76. The van der Waals surface area contributed by atoms with Crippen molar-refractivity contribution >= 4 is 34.3 Å². The molecule has 0 atom stereocenters. The molecule has 0 aliphatic rings. The summed E-state index contributed by atoms with van der Waals surface area (Å²) in [5.74, 6) is -0.946. The molecule has 30 heavy (non-hydrogen) atoms. The Kier molecular flexibility index (Phi) is 6.35. The highest BCUT2D eigenvalue weighted by Gasteiger charge is 2.33. The smallest absolute Gasteiger partial charge is 0.418 e. The molecule has 158 valence electrons. The Balaban J connectivity index is 1.84. The second-order valence-corrected chi connectivity index (χ2v) is 7.38. The standard InChI is InChI=1S/C20H18F3N3O3S/c1-2-9-26-18(29)13-10-12(27)7-8-15(13)25-19(26)30-11-17(28)24-16-6-4-3-5-14(16)20(21,22)23/h3-8,10,27H,2,9,11H2,1H3,(H,24,28). The van der Waals surface area contributed by atoms with Gasteiger partial charge in [-0.15, -0.1) is 0 Å². The van der Waals surface area contributed by atoms with Gasteiger partial charge >= 0.3 is 6.18 Å². The van der Waals surface area contributed by atoms with E-state index in [0.29, 0.717) is 18.5 Å². The number of fused-ring (bicyclic) bond motifs is 1. The molecule has 1 heterocycles. The fraction of sp³-hybridized carbons (Fsp3) is 0.250. The van der Waals surface area contributed by atoms with Crippen molar-refractivity contribution in [2.45, 2.75) is 31.2 Å². The number of halogens is 3. The lowest BCUT2D eigenvalue weighted by molar-refractivity contribution is -0.137. The Morgan fingerprint density at radius 2 is 1.97 bits per heavy atom. The third-order valence-corrected chi connectivity index (χ3v) is 5.17. The molecule has 3 rings (SSSR count). The van der Waals surface area contributed by atoms with E-state index in [2.05, 4.69) is 10.3 Å². The van der Waals surface area contributed by atoms with Gasteiger partial charge < -0.3 is 10.4 Å². The fourth-order valence-electron chi connectivity index (χ4n) is 2.88. The molecule has 1 aromatic heterocycles. The highest BCUT2D eigenvalue weighted by atomic mass is 32.2. The summed E-state index contributed by atoms with van der Waals surface area (Å²) in [4.78, 5) is 29.4. The minimum Gasteiger partial charge on any atom is -0.508 e. The molecular weight excluding hydrogens is 419 g/mol. The molecule has 0 aliphatic carbocycles. The van der Waals surface area contributed by atoms with E-state index in [1.54, 1.807) is 0 Å². The average Bonchev–Trinajstić information content (AvgIpc) is 2.69. The van der Waals surface area contributed by atoms with Crippen LogP contribution in [0.5, 0.6) is 5.75 Å². The molecule has 0 unspecified atom stereocenters. The second kappa shape index (κ2) is 8.78. The van der Waals surface area contributed by atoms with Crippen LogP contribution < -0.4 is 10.9 Å². The minimum atomic E-state index is -4.59. The van der Waals surface area contributed by atoms with Crippen molar-refractivity contribution in [3.05, 3.63) is 58.4 Å². The van der Waals surface area contributed by atoms with E-state index in [4.69, 9.17) is 0 Å². The zero-order valence-electron chi connectivity index (χ0n) is 15.9. The molecular formula is C20H18F3N3O3S. The first-order chi connectivity index (χ1) is 14.2. The number of hydrogen-bond donors (Lipinski definition) is 2. The Morgan fingerprint density at radius 1 is 1.23 bits per heavy atom. The molecule has 0 aliphatic heterocycles. The zero-order chi connectivity index (χ0) is 21.9. The normalized spacial score (nSPS) is 11.6. The van der Waals surface area contributed by atoms with Gasteiger partial charge in [0.15, 0.2) is 5.16 Å². The molecule has 0 bridgehead atoms. The van der Waals surface area contributed by atoms with E-state index in [1.165, 1.54) is 41.0 Å². The summed E-state index contributed by atoms with van der Waals surface area (Å²) in [6, 6.07) is 8.93. The fourth-order valence-corrected chi connectivity index (χ4v) is 3.70. The number of rotatable bonds is 6. The first-order valence-electron chi connectivity index (χ1n) is 9.03. The SMILES string of the molecule is CCCn1c(SCC(=O)Nc2ccccc2C(F)(F)F)nc2ccc(O)cc2c1=O. The molecule has 0 saturated carbocycles. The van der Waals surface area contributed by atoms with Crippen LogP contribution in [0.4, 0.5) is 18.9 Å². The van der Waals surface area contributed by atoms with E-state index < -0.39 is 17.6 Å². The van der Waals surface area contributed by atoms with Crippen LogP contribution in [0, 0.1) is 0 Å². The van der Waals surface area contributed by atoms with Crippen LogP contribution in [0.2, 0.25) is 0 Å². The van der Waals surface area contributed by atoms with Crippen molar-refractivity contribution < 1.29 is 23.1 Å². The number of carbonyl (C=O) groups excluding carboxylic acids is 1. The number of aromatic hydroxyl groups is 1. The summed E-state index contributed by atoms with van der Waals surface area (Å²) in [6.07, 6.45) is -3.96. The van der Waals surface area contributed by atoms with E-state index in [1.807, 2.05) is 6.92 Å². The van der Waals surface area contributed by atoms with Crippen molar-refractivity contribution in [2.75, 3.05) is 11.1 Å². The summed E-state index contributed by atoms with van der Waals surface area (Å²) < 4.78 is 40.7. The topological polar surface area (TPSA) is 84.2 Å². The van der Waals surface area contributed by atoms with Gasteiger partial charge in [-0.2, -0.15) is 13.2 Å². The highest BCUT2D eigenvalue weighted by Crippen LogP contribution is 2.34. The highest BCUT2D eigenvalue weighted by molar-refractivity contribution is 7.99. The van der Waals surface area contributed by atoms with Crippen LogP contribution in [-0.2, 0) is 17.5 Å². The van der Waals surface area contributed by atoms with E-state index in [9.17, 15) is 27.9 Å². The summed E-state index contributed by atoms with van der Waals surface area (Å²) in [7, 11) is 0. The van der Waals surface area contributed by atoms with E-state index >= 15 is 0 Å². The van der Waals surface area contributed by atoms with Crippen molar-refractivity contribution in [3.63, 3.8) is 0 Å². The molecule has 0 fully saturated rings. The number of benzene rings is 2. The average molecular weight is 437 g/mol. The Morgan fingerprint density at radius 3 is 2.67 bits per heavy atom. The van der Waals surface area contributed by atoms with Crippen molar-refractivity contribution in [1.29, 1.82) is 0 Å². The summed E-state index contributed by atoms with van der Waals surface area (Å²) in [5.41, 5.74) is -1.27. The molecule has 10 heteroatoms. The Bertz CT molecular complexity index is 1150. The summed E-state index contributed by atoms with van der Waals surface area (Å²) in [6.45, 7) is 2.21. The van der Waals surface area contributed by atoms with Crippen LogP contribution in [0.3, 0.4) is 0 Å². The quantitative estimate of drug-likeness (QED) is 0.445. The Hall–Kier alpha value is -3.01. The zero-order valence-corrected chi connectivity index (χ0v) is 16.7. The molecule has 0 saturated heterocycles. The van der Waals surface area contributed by atoms with Gasteiger partial charge in [0.1, 0.15) is 5.75 Å². The van der Waals surface area contributed by atoms with Crippen molar-refractivity contribution in [2.24, 2.45) is 0 Å². The molecule has 2 N–H and O–H groups in total. The third-order valence-electron chi connectivity index (χ3n) is 4.19. The van der Waals surface area contributed by atoms with Gasteiger partial charge in [0.05, 0.1) is 27.9 Å². The van der Waals surface area contributed by atoms with Gasteiger partial charge in [-0.1, -0.05) is 30.8 Å². The number of carbonyl (C=O) groups is 1. The lowest BCUT2D eigenvalue weighted by Crippen LogP contribution is -2.24. The van der Waals surface area contributed by atoms with Gasteiger partial charge in [0, 0.05) is 6.54 Å². The Labute approximate surface area is 173 Å². The number of amides is 1. The minimum absolute atomic E-state index is 0.0624. The number of nitrogens with one attached hydrogen (secondary N) is 1. The number of aromatic nitrogens is 2. The van der Waals surface area contributed by atoms with Crippen LogP contribution in [0.15, 0.2) is 52.4 Å². The molecule has 0 spiro atoms. The number of alkyl halides is 3. The molecule has 1 amide bonds. The molecule has 0 radical (unpaired) electrons. The van der Waals surface area contributed by atoms with Gasteiger partial charge in [-0.05, 0) is 36.8 Å². The molecule has 6 nitrogen and oxygen atoms in total. The number of anilines is 1. The lowest BCUT2D eigenvalue weighted by atomic mass is 10.1. The monoisotopic (exact) mass is 437 g/mol. The number of hydrogen-bond acceptors (Lipinski definition) is 5. The predicted octanol–water partition coefficient (Wildman–Crippen LogP) is 4.26. The number of thioether (sulfide) groups is 1. The summed E-state index contributed by atoms with van der Waals surface area (Å²) >= 11 is 0.957.